The lowest BCUT2D eigenvalue weighted by Gasteiger charge is -2.33. The van der Waals surface area contributed by atoms with Gasteiger partial charge in [-0.05, 0) is 31.3 Å². The molecule has 0 bridgehead atoms. The third-order valence-electron chi connectivity index (χ3n) is 3.68. The minimum atomic E-state index is -0.501. The standard InChI is InChI=1S/C16H25N3O3.2ClH/c1-13(20)17-14-3-5-16(6-4-14)22-12-15(21)11-19-9-7-18(2)8-10-19;;/h3-6,15,21H,7-12H2,1-2H3,(H,17,20);2*1H. The van der Waals surface area contributed by atoms with Crippen LogP contribution in [0, 0.1) is 0 Å². The normalized spacial score (nSPS) is 16.5. The SMILES string of the molecule is CC(=O)Nc1ccc(OCC(O)CN2CCN(C)CC2)cc1.Cl.Cl. The summed E-state index contributed by atoms with van der Waals surface area (Å²) in [5, 5.41) is 12.8. The minimum absolute atomic E-state index is 0. The second-order valence-corrected chi connectivity index (χ2v) is 5.77. The van der Waals surface area contributed by atoms with Crippen molar-refractivity contribution < 1.29 is 14.6 Å². The maximum Gasteiger partial charge on any atom is 0.221 e. The molecule has 0 saturated carbocycles. The van der Waals surface area contributed by atoms with E-state index in [-0.39, 0.29) is 37.3 Å². The Morgan fingerprint density at radius 2 is 1.79 bits per heavy atom. The third-order valence-corrected chi connectivity index (χ3v) is 3.68. The molecule has 2 N–H and O–H groups in total. The van der Waals surface area contributed by atoms with Crippen LogP contribution < -0.4 is 10.1 Å². The predicted molar refractivity (Wildman–Crippen MR) is 101 cm³/mol. The van der Waals surface area contributed by atoms with Gasteiger partial charge in [0.25, 0.3) is 0 Å². The number of carbonyl (C=O) groups is 1. The number of anilines is 1. The van der Waals surface area contributed by atoms with Crippen molar-refractivity contribution in [1.82, 2.24) is 9.80 Å². The molecule has 0 radical (unpaired) electrons. The van der Waals surface area contributed by atoms with Crippen molar-refractivity contribution in [1.29, 1.82) is 0 Å². The zero-order valence-electron chi connectivity index (χ0n) is 14.1. The lowest BCUT2D eigenvalue weighted by atomic mass is 10.2. The van der Waals surface area contributed by atoms with E-state index >= 15 is 0 Å². The van der Waals surface area contributed by atoms with Gasteiger partial charge in [-0.3, -0.25) is 9.69 Å². The van der Waals surface area contributed by atoms with Crippen LogP contribution in [0.5, 0.6) is 5.75 Å². The van der Waals surface area contributed by atoms with Crippen LogP contribution in [0.3, 0.4) is 0 Å². The zero-order chi connectivity index (χ0) is 15.9. The third kappa shape index (κ3) is 8.17. The van der Waals surface area contributed by atoms with E-state index in [0.717, 1.165) is 31.9 Å². The van der Waals surface area contributed by atoms with Gasteiger partial charge < -0.3 is 20.1 Å². The van der Waals surface area contributed by atoms with E-state index in [4.69, 9.17) is 4.74 Å². The molecular formula is C16H27Cl2N3O3. The van der Waals surface area contributed by atoms with Gasteiger partial charge in [0, 0.05) is 45.3 Å². The van der Waals surface area contributed by atoms with Crippen molar-refractivity contribution in [3.63, 3.8) is 0 Å². The Bertz CT molecular complexity index is 480. The number of piperazine rings is 1. The van der Waals surface area contributed by atoms with Gasteiger partial charge >= 0.3 is 0 Å². The number of hydrogen-bond donors (Lipinski definition) is 2. The average Bonchev–Trinajstić information content (AvgIpc) is 2.48. The molecule has 138 valence electrons. The van der Waals surface area contributed by atoms with Gasteiger partial charge in [-0.15, -0.1) is 24.8 Å². The molecule has 1 unspecified atom stereocenters. The Balaban J connectivity index is 0.00000264. The minimum Gasteiger partial charge on any atom is -0.491 e. The fraction of sp³-hybridized carbons (Fsp3) is 0.562. The molecule has 6 nitrogen and oxygen atoms in total. The highest BCUT2D eigenvalue weighted by molar-refractivity contribution is 5.88. The van der Waals surface area contributed by atoms with Crippen LogP contribution in [0.2, 0.25) is 0 Å². The molecular weight excluding hydrogens is 353 g/mol. The van der Waals surface area contributed by atoms with Crippen LogP contribution >= 0.6 is 24.8 Å². The molecule has 0 aromatic heterocycles. The molecule has 24 heavy (non-hydrogen) atoms. The summed E-state index contributed by atoms with van der Waals surface area (Å²) in [7, 11) is 2.11. The summed E-state index contributed by atoms with van der Waals surface area (Å²) in [6.07, 6.45) is -0.501. The second kappa shape index (κ2) is 11.5. The molecule has 8 heteroatoms. The molecule has 1 aromatic carbocycles. The molecule has 1 aromatic rings. The molecule has 1 saturated heterocycles. The molecule has 0 spiro atoms. The van der Waals surface area contributed by atoms with E-state index in [0.29, 0.717) is 12.3 Å². The molecule has 1 fully saturated rings. The fourth-order valence-electron chi connectivity index (χ4n) is 2.41. The van der Waals surface area contributed by atoms with Crippen molar-refractivity contribution in [3.05, 3.63) is 24.3 Å². The van der Waals surface area contributed by atoms with E-state index in [1.54, 1.807) is 24.3 Å². The summed E-state index contributed by atoms with van der Waals surface area (Å²) in [5.41, 5.74) is 0.734. The number of nitrogens with zero attached hydrogens (tertiary/aromatic N) is 2. The average molecular weight is 380 g/mol. The number of nitrogens with one attached hydrogen (secondary N) is 1. The van der Waals surface area contributed by atoms with Crippen molar-refractivity contribution in [2.45, 2.75) is 13.0 Å². The molecule has 2 rings (SSSR count). The molecule has 1 atom stereocenters. The van der Waals surface area contributed by atoms with E-state index < -0.39 is 6.10 Å². The lowest BCUT2D eigenvalue weighted by Crippen LogP contribution is -2.47. The first-order valence-corrected chi connectivity index (χ1v) is 7.62. The molecule has 1 amide bonds. The van der Waals surface area contributed by atoms with E-state index in [1.807, 2.05) is 0 Å². The van der Waals surface area contributed by atoms with E-state index in [1.165, 1.54) is 6.92 Å². The summed E-state index contributed by atoms with van der Waals surface area (Å²) in [4.78, 5) is 15.5. The number of hydrogen-bond acceptors (Lipinski definition) is 5. The van der Waals surface area contributed by atoms with Crippen molar-refractivity contribution >= 4 is 36.4 Å². The number of halogens is 2. The Morgan fingerprint density at radius 1 is 1.21 bits per heavy atom. The smallest absolute Gasteiger partial charge is 0.221 e. The largest absolute Gasteiger partial charge is 0.491 e. The number of carbonyl (C=O) groups excluding carboxylic acids is 1. The maximum atomic E-state index is 10.9. The van der Waals surface area contributed by atoms with Gasteiger partial charge in [-0.25, -0.2) is 0 Å². The second-order valence-electron chi connectivity index (χ2n) is 5.77. The van der Waals surface area contributed by atoms with Crippen LogP contribution in [-0.2, 0) is 4.79 Å². The van der Waals surface area contributed by atoms with Gasteiger partial charge in [-0.1, -0.05) is 0 Å². The Morgan fingerprint density at radius 3 is 2.33 bits per heavy atom. The summed E-state index contributed by atoms with van der Waals surface area (Å²) in [6, 6.07) is 7.13. The summed E-state index contributed by atoms with van der Waals surface area (Å²) < 4.78 is 5.59. The van der Waals surface area contributed by atoms with Gasteiger partial charge in [0.15, 0.2) is 0 Å². The Hall–Kier alpha value is -1.05. The Labute approximate surface area is 156 Å². The zero-order valence-corrected chi connectivity index (χ0v) is 15.7. The highest BCUT2D eigenvalue weighted by Gasteiger charge is 2.17. The first-order valence-electron chi connectivity index (χ1n) is 7.62. The number of benzene rings is 1. The molecule has 1 aliphatic rings. The molecule has 0 aliphatic carbocycles. The van der Waals surface area contributed by atoms with Crippen LogP contribution in [0.1, 0.15) is 6.92 Å². The van der Waals surface area contributed by atoms with Gasteiger partial charge in [-0.2, -0.15) is 0 Å². The summed E-state index contributed by atoms with van der Waals surface area (Å²) in [5.74, 6) is 0.586. The number of aliphatic hydroxyl groups excluding tert-OH is 1. The van der Waals surface area contributed by atoms with E-state index in [2.05, 4.69) is 22.2 Å². The molecule has 1 aliphatic heterocycles. The number of aliphatic hydroxyl groups is 1. The lowest BCUT2D eigenvalue weighted by molar-refractivity contribution is -0.114. The summed E-state index contributed by atoms with van der Waals surface area (Å²) >= 11 is 0. The highest BCUT2D eigenvalue weighted by atomic mass is 35.5. The van der Waals surface area contributed by atoms with E-state index in [9.17, 15) is 9.90 Å². The van der Waals surface area contributed by atoms with Gasteiger partial charge in [0.05, 0.1) is 0 Å². The number of ether oxygens (including phenoxy) is 1. The van der Waals surface area contributed by atoms with Crippen LogP contribution in [0.15, 0.2) is 24.3 Å². The van der Waals surface area contributed by atoms with Gasteiger partial charge in [0.2, 0.25) is 5.91 Å². The number of rotatable bonds is 6. The molecule has 1 heterocycles. The van der Waals surface area contributed by atoms with Crippen LogP contribution in [-0.4, -0.2) is 73.3 Å². The number of likely N-dealkylation sites (N-methyl/N-ethyl adjacent to an activating group) is 1. The topological polar surface area (TPSA) is 65.0 Å². The summed E-state index contributed by atoms with van der Waals surface area (Å²) in [6.45, 7) is 6.43. The first kappa shape index (κ1) is 22.9. The van der Waals surface area contributed by atoms with Crippen LogP contribution in [0.4, 0.5) is 5.69 Å². The maximum absolute atomic E-state index is 10.9. The quantitative estimate of drug-likeness (QED) is 0.783. The monoisotopic (exact) mass is 379 g/mol. The van der Waals surface area contributed by atoms with Crippen LogP contribution in [0.25, 0.3) is 0 Å². The van der Waals surface area contributed by atoms with Crippen molar-refractivity contribution in [2.75, 3.05) is 51.7 Å². The number of β-amino-alcohol motifs (C(OH)–C–C–N with tert-alkyl or cyclic N) is 1. The first-order chi connectivity index (χ1) is 10.5. The number of amides is 1. The highest BCUT2D eigenvalue weighted by Crippen LogP contribution is 2.16. The van der Waals surface area contributed by atoms with Crippen molar-refractivity contribution in [3.8, 4) is 5.75 Å². The Kier molecular flexibility index (Phi) is 11.0. The van der Waals surface area contributed by atoms with Gasteiger partial charge in [0.1, 0.15) is 18.5 Å². The fourth-order valence-corrected chi connectivity index (χ4v) is 2.41. The predicted octanol–water partition coefficient (Wildman–Crippen LogP) is 1.48. The van der Waals surface area contributed by atoms with Crippen molar-refractivity contribution in [2.24, 2.45) is 0 Å².